The zero-order valence-corrected chi connectivity index (χ0v) is 16.0. The SMILES string of the molecule is Cc1cc(/C=C2\C(=O)NC(=O)N(Cc3ccco3)C2=O)c(C)n1C1CCCC1. The molecule has 2 aliphatic rings. The van der Waals surface area contributed by atoms with Gasteiger partial charge < -0.3 is 8.98 Å². The number of carbonyl (C=O) groups excluding carboxylic acids is 3. The maximum atomic E-state index is 12.9. The second kappa shape index (κ2) is 7.14. The topological polar surface area (TPSA) is 84.6 Å². The Morgan fingerprint density at radius 1 is 1.21 bits per heavy atom. The van der Waals surface area contributed by atoms with Crippen molar-refractivity contribution in [3.05, 3.63) is 52.7 Å². The highest BCUT2D eigenvalue weighted by molar-refractivity contribution is 6.31. The summed E-state index contributed by atoms with van der Waals surface area (Å²) in [6.07, 6.45) is 7.81. The predicted molar refractivity (Wildman–Crippen MR) is 102 cm³/mol. The monoisotopic (exact) mass is 381 g/mol. The summed E-state index contributed by atoms with van der Waals surface area (Å²) >= 11 is 0. The first-order chi connectivity index (χ1) is 13.5. The van der Waals surface area contributed by atoms with Crippen LogP contribution in [0.1, 0.15) is 54.4 Å². The van der Waals surface area contributed by atoms with E-state index in [0.717, 1.165) is 34.7 Å². The summed E-state index contributed by atoms with van der Waals surface area (Å²) in [5.74, 6) is -0.816. The van der Waals surface area contributed by atoms with Gasteiger partial charge in [0.2, 0.25) is 0 Å². The van der Waals surface area contributed by atoms with Gasteiger partial charge in [0, 0.05) is 17.4 Å². The molecule has 0 bridgehead atoms. The molecule has 1 saturated heterocycles. The maximum Gasteiger partial charge on any atom is 0.331 e. The fourth-order valence-electron chi connectivity index (χ4n) is 4.22. The number of hydrogen-bond donors (Lipinski definition) is 1. The van der Waals surface area contributed by atoms with Crippen LogP contribution in [0.4, 0.5) is 4.79 Å². The standard InChI is InChI=1S/C21H23N3O4/c1-13-10-15(14(2)24(13)16-6-3-4-7-16)11-18-19(25)22-21(27)23(20(18)26)12-17-8-5-9-28-17/h5,8-11,16H,3-4,6-7,12H2,1-2H3,(H,22,25,27)/b18-11+. The molecule has 7 heteroatoms. The number of amides is 4. The third-order valence-corrected chi connectivity index (χ3v) is 5.59. The van der Waals surface area contributed by atoms with Gasteiger partial charge in [-0.3, -0.25) is 19.8 Å². The Morgan fingerprint density at radius 3 is 2.64 bits per heavy atom. The van der Waals surface area contributed by atoms with Crippen LogP contribution in [-0.2, 0) is 16.1 Å². The van der Waals surface area contributed by atoms with E-state index >= 15 is 0 Å². The molecule has 0 atom stereocenters. The maximum absolute atomic E-state index is 12.9. The molecular formula is C21H23N3O4. The van der Waals surface area contributed by atoms with Crippen molar-refractivity contribution < 1.29 is 18.8 Å². The summed E-state index contributed by atoms with van der Waals surface area (Å²) in [7, 11) is 0. The van der Waals surface area contributed by atoms with Gasteiger partial charge in [0.05, 0.1) is 12.8 Å². The number of aromatic nitrogens is 1. The van der Waals surface area contributed by atoms with Gasteiger partial charge >= 0.3 is 6.03 Å². The van der Waals surface area contributed by atoms with Crippen molar-refractivity contribution >= 4 is 23.9 Å². The molecule has 0 unspecified atom stereocenters. The fourth-order valence-corrected chi connectivity index (χ4v) is 4.22. The first kappa shape index (κ1) is 18.3. The Kier molecular flexibility index (Phi) is 4.66. The Balaban J connectivity index is 1.66. The van der Waals surface area contributed by atoms with E-state index in [9.17, 15) is 14.4 Å². The smallest absolute Gasteiger partial charge is 0.331 e. The lowest BCUT2D eigenvalue weighted by Crippen LogP contribution is -2.53. The number of imide groups is 2. The molecule has 1 saturated carbocycles. The molecule has 1 N–H and O–H groups in total. The first-order valence-corrected chi connectivity index (χ1v) is 9.55. The Hall–Kier alpha value is -3.09. The summed E-state index contributed by atoms with van der Waals surface area (Å²) < 4.78 is 7.53. The third kappa shape index (κ3) is 3.17. The van der Waals surface area contributed by atoms with E-state index in [2.05, 4.69) is 9.88 Å². The van der Waals surface area contributed by atoms with Crippen LogP contribution in [0.25, 0.3) is 6.08 Å². The molecule has 2 fully saturated rings. The summed E-state index contributed by atoms with van der Waals surface area (Å²) in [5.41, 5.74) is 2.93. The van der Waals surface area contributed by atoms with Crippen molar-refractivity contribution in [1.29, 1.82) is 0 Å². The molecule has 0 radical (unpaired) electrons. The molecule has 1 aliphatic heterocycles. The van der Waals surface area contributed by atoms with Crippen molar-refractivity contribution in [1.82, 2.24) is 14.8 Å². The molecular weight excluding hydrogens is 358 g/mol. The van der Waals surface area contributed by atoms with Gasteiger partial charge in [-0.25, -0.2) is 4.79 Å². The number of urea groups is 1. The molecule has 3 heterocycles. The van der Waals surface area contributed by atoms with Crippen LogP contribution in [0, 0.1) is 13.8 Å². The van der Waals surface area contributed by atoms with E-state index in [1.807, 2.05) is 19.9 Å². The van der Waals surface area contributed by atoms with Gasteiger partial charge in [-0.2, -0.15) is 0 Å². The quantitative estimate of drug-likeness (QED) is 0.649. The number of rotatable bonds is 4. The number of carbonyl (C=O) groups is 3. The molecule has 0 aromatic carbocycles. The molecule has 0 spiro atoms. The van der Waals surface area contributed by atoms with Crippen LogP contribution in [0.3, 0.4) is 0 Å². The summed E-state index contributed by atoms with van der Waals surface area (Å²) in [6.45, 7) is 4.03. The largest absolute Gasteiger partial charge is 0.467 e. The van der Waals surface area contributed by atoms with Crippen LogP contribution in [0.2, 0.25) is 0 Å². The number of nitrogens with zero attached hydrogens (tertiary/aromatic N) is 2. The number of barbiturate groups is 1. The molecule has 4 rings (SSSR count). The molecule has 2 aromatic heterocycles. The Labute approximate surface area is 163 Å². The van der Waals surface area contributed by atoms with Crippen LogP contribution >= 0.6 is 0 Å². The highest BCUT2D eigenvalue weighted by Gasteiger charge is 2.36. The van der Waals surface area contributed by atoms with Gasteiger partial charge in [0.15, 0.2) is 0 Å². The number of aryl methyl sites for hydroxylation is 1. The number of furan rings is 1. The highest BCUT2D eigenvalue weighted by atomic mass is 16.3. The normalized spacial score (nSPS) is 19.7. The highest BCUT2D eigenvalue weighted by Crippen LogP contribution is 2.34. The lowest BCUT2D eigenvalue weighted by molar-refractivity contribution is -0.130. The van der Waals surface area contributed by atoms with E-state index < -0.39 is 17.8 Å². The molecule has 146 valence electrons. The van der Waals surface area contributed by atoms with Gasteiger partial charge in [-0.05, 0) is 56.5 Å². The van der Waals surface area contributed by atoms with Crippen LogP contribution in [0.5, 0.6) is 0 Å². The molecule has 4 amide bonds. The molecule has 1 aliphatic carbocycles. The third-order valence-electron chi connectivity index (χ3n) is 5.59. The molecule has 7 nitrogen and oxygen atoms in total. The van der Waals surface area contributed by atoms with E-state index in [1.165, 1.54) is 19.1 Å². The molecule has 2 aromatic rings. The van der Waals surface area contributed by atoms with Crippen molar-refractivity contribution in [2.24, 2.45) is 0 Å². The number of hydrogen-bond acceptors (Lipinski definition) is 4. The second-order valence-corrected chi connectivity index (χ2v) is 7.42. The van der Waals surface area contributed by atoms with E-state index in [1.54, 1.807) is 18.2 Å². The van der Waals surface area contributed by atoms with Gasteiger partial charge in [-0.1, -0.05) is 12.8 Å². The van der Waals surface area contributed by atoms with Gasteiger partial charge in [0.25, 0.3) is 11.8 Å². The zero-order chi connectivity index (χ0) is 19.8. The number of nitrogens with one attached hydrogen (secondary N) is 1. The average molecular weight is 381 g/mol. The summed E-state index contributed by atoms with van der Waals surface area (Å²) in [6, 6.07) is 5.09. The predicted octanol–water partition coefficient (Wildman–Crippen LogP) is 3.48. The van der Waals surface area contributed by atoms with Crippen molar-refractivity contribution in [2.75, 3.05) is 0 Å². The molecule has 28 heavy (non-hydrogen) atoms. The van der Waals surface area contributed by atoms with Crippen molar-refractivity contribution in [3.8, 4) is 0 Å². The van der Waals surface area contributed by atoms with E-state index in [0.29, 0.717) is 11.8 Å². The first-order valence-electron chi connectivity index (χ1n) is 9.55. The lowest BCUT2D eigenvalue weighted by atomic mass is 10.1. The second-order valence-electron chi connectivity index (χ2n) is 7.42. The Bertz CT molecular complexity index is 962. The minimum absolute atomic E-state index is 0.0244. The zero-order valence-electron chi connectivity index (χ0n) is 16.0. The Morgan fingerprint density at radius 2 is 1.96 bits per heavy atom. The van der Waals surface area contributed by atoms with Gasteiger partial charge in [0.1, 0.15) is 11.3 Å². The minimum atomic E-state index is -0.736. The van der Waals surface area contributed by atoms with Crippen LogP contribution in [-0.4, -0.2) is 27.3 Å². The lowest BCUT2D eigenvalue weighted by Gasteiger charge is -2.25. The van der Waals surface area contributed by atoms with Crippen molar-refractivity contribution in [3.63, 3.8) is 0 Å². The van der Waals surface area contributed by atoms with Gasteiger partial charge in [-0.15, -0.1) is 0 Å². The summed E-state index contributed by atoms with van der Waals surface area (Å²) in [4.78, 5) is 38.3. The van der Waals surface area contributed by atoms with E-state index in [-0.39, 0.29) is 12.1 Å². The minimum Gasteiger partial charge on any atom is -0.467 e. The van der Waals surface area contributed by atoms with Crippen molar-refractivity contribution in [2.45, 2.75) is 52.1 Å². The fraction of sp³-hybridized carbons (Fsp3) is 0.381. The summed E-state index contributed by atoms with van der Waals surface area (Å²) in [5, 5.41) is 2.25. The van der Waals surface area contributed by atoms with Crippen LogP contribution < -0.4 is 5.32 Å². The van der Waals surface area contributed by atoms with Crippen LogP contribution in [0.15, 0.2) is 34.5 Å². The average Bonchev–Trinajstić information content (AvgIpc) is 3.38. The van der Waals surface area contributed by atoms with E-state index in [4.69, 9.17) is 4.42 Å².